The van der Waals surface area contributed by atoms with Crippen molar-refractivity contribution in [3.8, 4) is 0 Å². The molecule has 0 aromatic carbocycles. The van der Waals surface area contributed by atoms with Gasteiger partial charge in [-0.15, -0.1) is 0 Å². The van der Waals surface area contributed by atoms with Crippen molar-refractivity contribution in [2.45, 2.75) is 45.1 Å². The molecule has 57 valence electrons. The summed E-state index contributed by atoms with van der Waals surface area (Å²) in [6, 6.07) is 0. The van der Waals surface area contributed by atoms with Crippen LogP contribution >= 0.6 is 0 Å². The van der Waals surface area contributed by atoms with E-state index >= 15 is 0 Å². The first-order valence-corrected chi connectivity index (χ1v) is 4.41. The molecule has 1 nitrogen and oxygen atoms in total. The standard InChI is InChI=1S/C9H15O/c1-7-9(10-7)8-5-3-2-4-6-8/h7-8H,2-6H2,1H3. The molecule has 1 radical (unpaired) electrons. The summed E-state index contributed by atoms with van der Waals surface area (Å²) < 4.78 is 5.37. The smallest absolute Gasteiger partial charge is 0.129 e. The fraction of sp³-hybridized carbons (Fsp3) is 0.889. The fourth-order valence-electron chi connectivity index (χ4n) is 1.99. The first-order chi connectivity index (χ1) is 4.88. The van der Waals surface area contributed by atoms with Crippen molar-refractivity contribution >= 4 is 0 Å². The van der Waals surface area contributed by atoms with Gasteiger partial charge in [0, 0.05) is 0 Å². The van der Waals surface area contributed by atoms with Crippen LogP contribution in [0.15, 0.2) is 0 Å². The Morgan fingerprint density at radius 3 is 2.30 bits per heavy atom. The summed E-state index contributed by atoms with van der Waals surface area (Å²) in [6.45, 7) is 2.16. The molecule has 1 heteroatoms. The first-order valence-electron chi connectivity index (χ1n) is 4.41. The zero-order valence-electron chi connectivity index (χ0n) is 6.60. The molecule has 0 spiro atoms. The van der Waals surface area contributed by atoms with Crippen molar-refractivity contribution in [1.82, 2.24) is 0 Å². The van der Waals surface area contributed by atoms with Crippen LogP contribution in [0.2, 0.25) is 0 Å². The molecular formula is C9H15O. The number of epoxide rings is 1. The highest BCUT2D eigenvalue weighted by Crippen LogP contribution is 2.44. The Labute approximate surface area is 62.8 Å². The van der Waals surface area contributed by atoms with Crippen LogP contribution in [0, 0.1) is 12.0 Å². The molecule has 0 amide bonds. The van der Waals surface area contributed by atoms with Gasteiger partial charge in [0.1, 0.15) is 6.10 Å². The Balaban J connectivity index is 1.81. The summed E-state index contributed by atoms with van der Waals surface area (Å²) in [5.41, 5.74) is 0. The molecule has 2 rings (SSSR count). The van der Waals surface area contributed by atoms with Gasteiger partial charge in [0.25, 0.3) is 0 Å². The van der Waals surface area contributed by atoms with E-state index in [1.54, 1.807) is 0 Å². The van der Waals surface area contributed by atoms with Crippen LogP contribution in [0.3, 0.4) is 0 Å². The lowest BCUT2D eigenvalue weighted by Crippen LogP contribution is -2.08. The molecule has 0 N–H and O–H groups in total. The highest BCUT2D eigenvalue weighted by molar-refractivity contribution is 5.06. The Morgan fingerprint density at radius 2 is 1.80 bits per heavy atom. The highest BCUT2D eigenvalue weighted by Gasteiger charge is 2.42. The zero-order chi connectivity index (χ0) is 6.97. The van der Waals surface area contributed by atoms with Crippen molar-refractivity contribution in [3.63, 3.8) is 0 Å². The third-order valence-electron chi connectivity index (χ3n) is 2.66. The Kier molecular flexibility index (Phi) is 1.69. The zero-order valence-corrected chi connectivity index (χ0v) is 6.60. The second-order valence-corrected chi connectivity index (χ2v) is 3.50. The topological polar surface area (TPSA) is 12.5 Å². The third kappa shape index (κ3) is 1.20. The molecule has 1 saturated carbocycles. The van der Waals surface area contributed by atoms with Gasteiger partial charge in [0.2, 0.25) is 0 Å². The van der Waals surface area contributed by atoms with E-state index in [2.05, 4.69) is 6.92 Å². The van der Waals surface area contributed by atoms with Gasteiger partial charge >= 0.3 is 0 Å². The first kappa shape index (κ1) is 6.66. The molecule has 10 heavy (non-hydrogen) atoms. The quantitative estimate of drug-likeness (QED) is 0.508. The minimum atomic E-state index is 0.503. The minimum Gasteiger partial charge on any atom is -0.363 e. The van der Waals surface area contributed by atoms with E-state index in [0.29, 0.717) is 6.10 Å². The summed E-state index contributed by atoms with van der Waals surface area (Å²) in [6.07, 6.45) is 8.97. The van der Waals surface area contributed by atoms with E-state index < -0.39 is 0 Å². The summed E-state index contributed by atoms with van der Waals surface area (Å²) in [5, 5.41) is 0. The van der Waals surface area contributed by atoms with E-state index in [1.165, 1.54) is 38.2 Å². The fourth-order valence-corrected chi connectivity index (χ4v) is 1.99. The van der Waals surface area contributed by atoms with E-state index in [9.17, 15) is 0 Å². The monoisotopic (exact) mass is 139 g/mol. The molecule has 1 aliphatic heterocycles. The molecule has 1 unspecified atom stereocenters. The average Bonchev–Trinajstić information content (AvgIpc) is 2.69. The van der Waals surface area contributed by atoms with Crippen LogP contribution < -0.4 is 0 Å². The third-order valence-corrected chi connectivity index (χ3v) is 2.66. The summed E-state index contributed by atoms with van der Waals surface area (Å²) in [7, 11) is 0. The van der Waals surface area contributed by atoms with Gasteiger partial charge in [0.15, 0.2) is 0 Å². The lowest BCUT2D eigenvalue weighted by atomic mass is 9.86. The van der Waals surface area contributed by atoms with Crippen LogP contribution in [-0.2, 0) is 4.74 Å². The van der Waals surface area contributed by atoms with E-state index in [-0.39, 0.29) is 0 Å². The molecule has 0 aromatic heterocycles. The minimum absolute atomic E-state index is 0.503. The van der Waals surface area contributed by atoms with Crippen molar-refractivity contribution in [1.29, 1.82) is 0 Å². The van der Waals surface area contributed by atoms with Gasteiger partial charge in [-0.3, -0.25) is 0 Å². The van der Waals surface area contributed by atoms with E-state index in [0.717, 1.165) is 5.92 Å². The summed E-state index contributed by atoms with van der Waals surface area (Å²) in [5.74, 6) is 0.837. The van der Waals surface area contributed by atoms with Crippen molar-refractivity contribution in [2.75, 3.05) is 0 Å². The Morgan fingerprint density at radius 1 is 1.20 bits per heavy atom. The van der Waals surface area contributed by atoms with Crippen molar-refractivity contribution < 1.29 is 4.74 Å². The van der Waals surface area contributed by atoms with Crippen LogP contribution in [-0.4, -0.2) is 6.10 Å². The molecule has 1 heterocycles. The van der Waals surface area contributed by atoms with E-state index in [1.807, 2.05) is 0 Å². The SMILES string of the molecule is CC1O[C]1C1CCCCC1. The van der Waals surface area contributed by atoms with E-state index in [4.69, 9.17) is 4.74 Å². The van der Waals surface area contributed by atoms with Gasteiger partial charge in [-0.25, -0.2) is 0 Å². The van der Waals surface area contributed by atoms with Gasteiger partial charge in [-0.05, 0) is 25.7 Å². The highest BCUT2D eigenvalue weighted by atomic mass is 16.6. The molecule has 0 bridgehead atoms. The molecule has 1 aliphatic carbocycles. The normalized spacial score (nSPS) is 36.3. The number of hydrogen-bond acceptors (Lipinski definition) is 1. The van der Waals surface area contributed by atoms with Gasteiger partial charge in [-0.1, -0.05) is 19.3 Å². The largest absolute Gasteiger partial charge is 0.363 e. The summed E-state index contributed by atoms with van der Waals surface area (Å²) >= 11 is 0. The molecule has 1 saturated heterocycles. The Hall–Kier alpha value is -0.0400. The van der Waals surface area contributed by atoms with Gasteiger partial charge in [0.05, 0.1) is 6.10 Å². The second-order valence-electron chi connectivity index (χ2n) is 3.50. The number of rotatable bonds is 1. The van der Waals surface area contributed by atoms with Crippen molar-refractivity contribution in [2.24, 2.45) is 5.92 Å². The second kappa shape index (κ2) is 2.54. The predicted molar refractivity (Wildman–Crippen MR) is 40.4 cm³/mol. The maximum Gasteiger partial charge on any atom is 0.129 e. The lowest BCUT2D eigenvalue weighted by molar-refractivity contribution is 0.320. The van der Waals surface area contributed by atoms with Crippen LogP contribution in [0.5, 0.6) is 0 Å². The van der Waals surface area contributed by atoms with Crippen LogP contribution in [0.1, 0.15) is 39.0 Å². The maximum absolute atomic E-state index is 5.37. The van der Waals surface area contributed by atoms with Crippen molar-refractivity contribution in [3.05, 3.63) is 6.10 Å². The van der Waals surface area contributed by atoms with Gasteiger partial charge in [-0.2, -0.15) is 0 Å². The predicted octanol–water partition coefficient (Wildman–Crippen LogP) is 2.52. The van der Waals surface area contributed by atoms with Crippen LogP contribution in [0.4, 0.5) is 0 Å². The molecule has 2 aliphatic rings. The Bertz CT molecular complexity index is 116. The average molecular weight is 139 g/mol. The molecule has 2 fully saturated rings. The molecular weight excluding hydrogens is 124 g/mol. The van der Waals surface area contributed by atoms with Gasteiger partial charge < -0.3 is 4.74 Å². The number of hydrogen-bond donors (Lipinski definition) is 0. The lowest BCUT2D eigenvalue weighted by Gasteiger charge is -2.18. The molecule has 0 aromatic rings. The summed E-state index contributed by atoms with van der Waals surface area (Å²) in [4.78, 5) is 0. The van der Waals surface area contributed by atoms with Crippen LogP contribution in [0.25, 0.3) is 0 Å². The molecule has 1 atom stereocenters. The number of ether oxygens (including phenoxy) is 1. The maximum atomic E-state index is 5.37.